The number of rotatable bonds is 17. The van der Waals surface area contributed by atoms with Crippen LogP contribution in [-0.2, 0) is 60.9 Å². The van der Waals surface area contributed by atoms with Crippen molar-refractivity contribution in [3.05, 3.63) is 65.7 Å². The Kier molecular flexibility index (Phi) is 23.1. The molecule has 73 heavy (non-hydrogen) atoms. The van der Waals surface area contributed by atoms with Gasteiger partial charge in [0.05, 0.1) is 13.0 Å². The number of primary amides is 2. The number of hydrogen-bond acceptors (Lipinski definition) is 14. The number of amides is 10. The first-order chi connectivity index (χ1) is 34.6. The van der Waals surface area contributed by atoms with Crippen LogP contribution >= 0.6 is 21.6 Å². The van der Waals surface area contributed by atoms with Gasteiger partial charge in [0.25, 0.3) is 0 Å². The summed E-state index contributed by atoms with van der Waals surface area (Å²) in [5.74, 6) is -8.56. The van der Waals surface area contributed by atoms with Crippen LogP contribution in [-0.4, -0.2) is 153 Å². The molecule has 0 unspecified atom stereocenters. The number of benzene rings is 2. The predicted molar refractivity (Wildman–Crippen MR) is 273 cm³/mol. The van der Waals surface area contributed by atoms with E-state index in [9.17, 15) is 53.1 Å². The summed E-state index contributed by atoms with van der Waals surface area (Å²) in [6, 6.07) is 5.76. The molecule has 0 bridgehead atoms. The number of phenols is 1. The zero-order valence-corrected chi connectivity index (χ0v) is 42.6. The third kappa shape index (κ3) is 18.8. The van der Waals surface area contributed by atoms with Crippen LogP contribution in [0, 0.1) is 5.92 Å². The highest BCUT2D eigenvalue weighted by atomic mass is 33.1. The zero-order chi connectivity index (χ0) is 53.8. The summed E-state index contributed by atoms with van der Waals surface area (Å²) in [6.07, 6.45) is -0.0623. The number of nitrogens with one attached hydrogen (secondary N) is 6. The number of carbonyl (C=O) groups excluding carboxylic acids is 10. The fraction of sp³-hybridized carbons (Fsp3) is 0.511. The van der Waals surface area contributed by atoms with Gasteiger partial charge in [-0.05, 0) is 61.8 Å². The Morgan fingerprint density at radius 2 is 1.53 bits per heavy atom. The molecule has 0 radical (unpaired) electrons. The van der Waals surface area contributed by atoms with E-state index in [0.29, 0.717) is 17.5 Å². The first kappa shape index (κ1) is 58.5. The van der Waals surface area contributed by atoms with Gasteiger partial charge in [0.15, 0.2) is 5.96 Å². The van der Waals surface area contributed by atoms with Gasteiger partial charge >= 0.3 is 0 Å². The average molecular weight is 1050 g/mol. The summed E-state index contributed by atoms with van der Waals surface area (Å²) in [4.78, 5) is 143. The Bertz CT molecular complexity index is 2320. The number of aliphatic imine (C=N–C) groups is 1. The van der Waals surface area contributed by atoms with Crippen molar-refractivity contribution < 1.29 is 53.1 Å². The molecule has 15 N–H and O–H groups in total. The Morgan fingerprint density at radius 1 is 0.836 bits per heavy atom. The van der Waals surface area contributed by atoms with Crippen molar-refractivity contribution in [1.82, 2.24) is 41.7 Å². The van der Waals surface area contributed by atoms with E-state index in [0.717, 1.165) is 10.8 Å². The van der Waals surface area contributed by atoms with Gasteiger partial charge in [-0.25, -0.2) is 0 Å². The molecule has 2 aliphatic heterocycles. The molecule has 2 fully saturated rings. The monoisotopic (exact) mass is 1050 g/mol. The normalized spacial score (nSPS) is 22.2. The first-order valence-electron chi connectivity index (χ1n) is 23.7. The minimum absolute atomic E-state index is 0.0120. The van der Waals surface area contributed by atoms with Crippen molar-refractivity contribution in [2.24, 2.45) is 33.8 Å². The van der Waals surface area contributed by atoms with E-state index in [1.54, 1.807) is 56.3 Å². The van der Waals surface area contributed by atoms with Crippen molar-refractivity contribution in [2.75, 3.05) is 31.1 Å². The molecule has 0 saturated carbocycles. The second-order valence-corrected chi connectivity index (χ2v) is 20.5. The number of hydrogen-bond donors (Lipinski definition) is 11. The van der Waals surface area contributed by atoms with Gasteiger partial charge in [-0.15, -0.1) is 0 Å². The molecule has 24 nitrogen and oxygen atoms in total. The minimum atomic E-state index is -1.66. The Morgan fingerprint density at radius 3 is 2.18 bits per heavy atom. The van der Waals surface area contributed by atoms with Crippen LogP contribution < -0.4 is 54.8 Å². The lowest BCUT2D eigenvalue weighted by Gasteiger charge is -2.34. The van der Waals surface area contributed by atoms with Crippen molar-refractivity contribution in [3.63, 3.8) is 0 Å². The molecule has 0 aromatic heterocycles. The Balaban J connectivity index is 1.67. The average Bonchev–Trinajstić information content (AvgIpc) is 3.84. The van der Waals surface area contributed by atoms with E-state index in [1.807, 2.05) is 0 Å². The fourth-order valence-electron chi connectivity index (χ4n) is 7.94. The number of nitrogens with two attached hydrogens (primary N) is 4. The van der Waals surface area contributed by atoms with Gasteiger partial charge < -0.3 is 69.7 Å². The lowest BCUT2D eigenvalue weighted by atomic mass is 10.0. The zero-order valence-electron chi connectivity index (χ0n) is 41.0. The molecule has 0 aliphatic carbocycles. The van der Waals surface area contributed by atoms with E-state index in [-0.39, 0.29) is 75.0 Å². The molecular weight excluding hydrogens is 987 g/mol. The van der Waals surface area contributed by atoms with Crippen LogP contribution in [0.25, 0.3) is 0 Å². The second-order valence-electron chi connectivity index (χ2n) is 17.9. The van der Waals surface area contributed by atoms with E-state index >= 15 is 0 Å². The van der Waals surface area contributed by atoms with Crippen molar-refractivity contribution in [1.29, 1.82) is 0 Å². The van der Waals surface area contributed by atoms with Crippen LogP contribution in [0.15, 0.2) is 59.6 Å². The second kappa shape index (κ2) is 28.8. The first-order valence-corrected chi connectivity index (χ1v) is 26.2. The third-order valence-corrected chi connectivity index (χ3v) is 14.2. The van der Waals surface area contributed by atoms with Crippen molar-refractivity contribution in [2.45, 2.75) is 115 Å². The summed E-state index contributed by atoms with van der Waals surface area (Å²) in [5.41, 5.74) is 22.9. The largest absolute Gasteiger partial charge is 0.508 e. The minimum Gasteiger partial charge on any atom is -0.508 e. The number of likely N-dealkylation sites (tertiary alicyclic amines) is 1. The lowest BCUT2D eigenvalue weighted by molar-refractivity contribution is -0.144. The molecule has 7 atom stereocenters. The van der Waals surface area contributed by atoms with Crippen molar-refractivity contribution in [3.8, 4) is 5.75 Å². The SMILES string of the molecule is CC(C)[C@@H]1NC(=O)[C@H](C)N(Cc2ccccc2)C(=O)[C@H](Cc2ccc(O)cc2)NC(=O)CCSSC[C@H](C(=O)N2CCC[C@H]2C(=O)N[C@@H](CCCN=C(N)N)C(=O)NCC(N)=O)NC(=O)[C@H](CC(N)=O)NC1=O. The van der Waals surface area contributed by atoms with Crippen LogP contribution in [0.2, 0.25) is 0 Å². The number of nitrogens with zero attached hydrogens (tertiary/aromatic N) is 3. The van der Waals surface area contributed by atoms with E-state index in [1.165, 1.54) is 39.7 Å². The quantitative estimate of drug-likeness (QED) is 0.0345. The topological polar surface area (TPSA) is 386 Å². The highest BCUT2D eigenvalue weighted by molar-refractivity contribution is 8.76. The van der Waals surface area contributed by atoms with Crippen LogP contribution in [0.1, 0.15) is 70.4 Å². The van der Waals surface area contributed by atoms with Gasteiger partial charge in [0.1, 0.15) is 48.0 Å². The van der Waals surface area contributed by atoms with Crippen LogP contribution in [0.4, 0.5) is 0 Å². The summed E-state index contributed by atoms with van der Waals surface area (Å²) in [6.45, 7) is 4.33. The molecule has 4 rings (SSSR count). The van der Waals surface area contributed by atoms with E-state index in [4.69, 9.17) is 22.9 Å². The molecule has 2 heterocycles. The molecule has 398 valence electrons. The van der Waals surface area contributed by atoms with Crippen LogP contribution in [0.5, 0.6) is 5.75 Å². The number of guanidine groups is 1. The maximum Gasteiger partial charge on any atom is 0.246 e. The maximum atomic E-state index is 14.7. The Labute approximate surface area is 430 Å². The smallest absolute Gasteiger partial charge is 0.246 e. The van der Waals surface area contributed by atoms with Crippen molar-refractivity contribution >= 4 is 86.6 Å². The van der Waals surface area contributed by atoms with Crippen LogP contribution in [0.3, 0.4) is 0 Å². The van der Waals surface area contributed by atoms with Gasteiger partial charge in [0.2, 0.25) is 59.1 Å². The molecule has 2 saturated heterocycles. The Hall–Kier alpha value is -7.09. The molecule has 10 amide bonds. The molecule has 2 aromatic rings. The van der Waals surface area contributed by atoms with Gasteiger partial charge in [0, 0.05) is 44.0 Å². The molecule has 0 spiro atoms. The number of carbonyl (C=O) groups is 10. The molecule has 26 heteroatoms. The number of aromatic hydroxyl groups is 1. The fourth-order valence-corrected chi connectivity index (χ4v) is 10.1. The molecule has 2 aliphatic rings. The summed E-state index contributed by atoms with van der Waals surface area (Å²) in [5, 5.41) is 25.7. The highest BCUT2D eigenvalue weighted by Gasteiger charge is 2.41. The standard InChI is InChI=1S/C47H67N13O11S2/c1-26(2)39-44(69)56-32(22-36(48)62)42(67)57-34(46(71)59-19-8-12-35(59)43(68)55-31(11-7-18-52-47(50)51)41(66)53-23-37(49)63)25-73-72-20-17-38(64)54-33(21-28-13-15-30(61)16-14-28)45(70)60(27(3)40(65)58-39)24-29-9-5-4-6-10-29/h4-6,9-10,13-16,26-27,31-35,39,61H,7-8,11-12,17-25H2,1-3H3,(H2,48,62)(H2,49,63)(H,53,66)(H,54,64)(H,55,68)(H,56,69)(H,57,67)(H,58,65)(H4,50,51,52)/t27-,31-,32-,33-,34+,35-,39-/m0/s1. The maximum absolute atomic E-state index is 14.7. The van der Waals surface area contributed by atoms with Gasteiger partial charge in [-0.2, -0.15) is 0 Å². The molecular formula is C47H67N13O11S2. The highest BCUT2D eigenvalue weighted by Crippen LogP contribution is 2.26. The summed E-state index contributed by atoms with van der Waals surface area (Å²) >= 11 is 0. The molecule has 2 aromatic carbocycles. The number of phenolic OH excluding ortho intramolecular Hbond substituents is 1. The van der Waals surface area contributed by atoms with Gasteiger partial charge in [-0.1, -0.05) is 77.9 Å². The third-order valence-electron chi connectivity index (χ3n) is 11.8. The van der Waals surface area contributed by atoms with E-state index < -0.39 is 120 Å². The van der Waals surface area contributed by atoms with E-state index in [2.05, 4.69) is 36.9 Å². The summed E-state index contributed by atoms with van der Waals surface area (Å²) in [7, 11) is 2.27. The lowest BCUT2D eigenvalue weighted by Crippen LogP contribution is -2.61. The predicted octanol–water partition coefficient (Wildman–Crippen LogP) is -2.26. The van der Waals surface area contributed by atoms with Gasteiger partial charge in [-0.3, -0.25) is 52.9 Å². The summed E-state index contributed by atoms with van der Waals surface area (Å²) < 4.78 is 0.